The molecule has 21 heavy (non-hydrogen) atoms. The highest BCUT2D eigenvalue weighted by Gasteiger charge is 2.13. The maximum absolute atomic E-state index is 11.4. The molecule has 0 bridgehead atoms. The van der Waals surface area contributed by atoms with Gasteiger partial charge >= 0.3 is 5.97 Å². The fraction of sp³-hybridized carbons (Fsp3) is 0.125. The van der Waals surface area contributed by atoms with Crippen LogP contribution < -0.4 is 5.32 Å². The second-order valence-corrected chi connectivity index (χ2v) is 4.64. The Labute approximate surface area is 121 Å². The minimum atomic E-state index is -0.992. The molecule has 0 saturated heterocycles. The van der Waals surface area contributed by atoms with Gasteiger partial charge in [0.25, 0.3) is 0 Å². The minimum absolute atomic E-state index is 0.174. The van der Waals surface area contributed by atoms with Gasteiger partial charge in [0.15, 0.2) is 0 Å². The summed E-state index contributed by atoms with van der Waals surface area (Å²) in [5.41, 5.74) is 0.941. The molecule has 3 rings (SSSR count). The molecule has 0 radical (unpaired) electrons. The Morgan fingerprint density at radius 3 is 2.86 bits per heavy atom. The van der Waals surface area contributed by atoms with E-state index in [-0.39, 0.29) is 5.56 Å². The average molecular weight is 282 g/mol. The smallest absolute Gasteiger partial charge is 0.339 e. The molecule has 0 atom stereocenters. The number of nitrogens with one attached hydrogen (secondary N) is 1. The Morgan fingerprint density at radius 2 is 2.10 bits per heavy atom. The number of carboxylic acid groups (broad SMARTS) is 1. The van der Waals surface area contributed by atoms with Crippen LogP contribution in [-0.2, 0) is 6.42 Å². The zero-order valence-electron chi connectivity index (χ0n) is 11.2. The molecule has 0 fully saturated rings. The van der Waals surface area contributed by atoms with Crippen LogP contribution in [0.15, 0.2) is 53.1 Å². The van der Waals surface area contributed by atoms with Crippen molar-refractivity contribution in [2.75, 3.05) is 11.9 Å². The molecule has 0 aliphatic heterocycles. The van der Waals surface area contributed by atoms with Gasteiger partial charge in [0.2, 0.25) is 0 Å². The van der Waals surface area contributed by atoms with Gasteiger partial charge in [-0.1, -0.05) is 18.2 Å². The topological polar surface area (TPSA) is 75.4 Å². The fourth-order valence-corrected chi connectivity index (χ4v) is 2.17. The number of carboxylic acids is 1. The van der Waals surface area contributed by atoms with Gasteiger partial charge in [-0.2, -0.15) is 0 Å². The lowest BCUT2D eigenvalue weighted by molar-refractivity contribution is 0.0698. The Bertz CT molecular complexity index is 766. The van der Waals surface area contributed by atoms with Crippen molar-refractivity contribution < 1.29 is 14.3 Å². The van der Waals surface area contributed by atoms with Gasteiger partial charge in [0.1, 0.15) is 17.1 Å². The molecule has 0 aliphatic carbocycles. The molecule has 0 unspecified atom stereocenters. The van der Waals surface area contributed by atoms with Crippen LogP contribution in [0.25, 0.3) is 10.9 Å². The number of carbonyl (C=O) groups is 1. The van der Waals surface area contributed by atoms with E-state index in [2.05, 4.69) is 10.3 Å². The Balaban J connectivity index is 1.85. The van der Waals surface area contributed by atoms with Crippen LogP contribution in [0.2, 0.25) is 0 Å². The molecular weight excluding hydrogens is 268 g/mol. The van der Waals surface area contributed by atoms with Crippen molar-refractivity contribution in [2.24, 2.45) is 0 Å². The molecule has 0 amide bonds. The lowest BCUT2D eigenvalue weighted by atomic mass is 10.1. The molecule has 5 heteroatoms. The summed E-state index contributed by atoms with van der Waals surface area (Å²) in [5.74, 6) is 0.238. The van der Waals surface area contributed by atoms with Crippen molar-refractivity contribution in [3.05, 3.63) is 60.1 Å². The summed E-state index contributed by atoms with van der Waals surface area (Å²) in [6, 6.07) is 12.8. The third kappa shape index (κ3) is 2.86. The molecule has 0 spiro atoms. The number of pyridine rings is 1. The van der Waals surface area contributed by atoms with Crippen molar-refractivity contribution in [3.63, 3.8) is 0 Å². The van der Waals surface area contributed by atoms with Crippen molar-refractivity contribution in [1.82, 2.24) is 4.98 Å². The van der Waals surface area contributed by atoms with E-state index in [9.17, 15) is 9.90 Å². The first kappa shape index (κ1) is 13.2. The van der Waals surface area contributed by atoms with Gasteiger partial charge < -0.3 is 14.8 Å². The number of hydrogen-bond acceptors (Lipinski definition) is 4. The number of hydrogen-bond donors (Lipinski definition) is 2. The van der Waals surface area contributed by atoms with Crippen LogP contribution >= 0.6 is 0 Å². The molecular formula is C16H14N2O3. The van der Waals surface area contributed by atoms with Gasteiger partial charge in [-0.05, 0) is 24.3 Å². The average Bonchev–Trinajstić information content (AvgIpc) is 2.99. The summed E-state index contributed by atoms with van der Waals surface area (Å²) in [4.78, 5) is 15.8. The Hall–Kier alpha value is -2.82. The number of fused-ring (bicyclic) bond motifs is 1. The zero-order valence-corrected chi connectivity index (χ0v) is 11.2. The van der Waals surface area contributed by atoms with Crippen molar-refractivity contribution in [3.8, 4) is 0 Å². The predicted octanol–water partition coefficient (Wildman–Crippen LogP) is 3.18. The quantitative estimate of drug-likeness (QED) is 0.751. The Kier molecular flexibility index (Phi) is 3.55. The number of furan rings is 1. The number of nitrogens with zero attached hydrogens (tertiary/aromatic N) is 1. The van der Waals surface area contributed by atoms with Crippen LogP contribution in [0.5, 0.6) is 0 Å². The van der Waals surface area contributed by atoms with Gasteiger partial charge in [-0.15, -0.1) is 0 Å². The van der Waals surface area contributed by atoms with Crippen LogP contribution in [0.3, 0.4) is 0 Å². The first-order valence-corrected chi connectivity index (χ1v) is 6.63. The summed E-state index contributed by atoms with van der Waals surface area (Å²) in [5, 5.41) is 13.2. The molecule has 0 aliphatic rings. The number of benzene rings is 1. The van der Waals surface area contributed by atoms with Crippen molar-refractivity contribution >= 4 is 22.7 Å². The summed E-state index contributed by atoms with van der Waals surface area (Å²) < 4.78 is 5.24. The van der Waals surface area contributed by atoms with Gasteiger partial charge in [-0.3, -0.25) is 0 Å². The molecule has 1 aromatic carbocycles. The second kappa shape index (κ2) is 5.66. The standard InChI is InChI=1S/C16H14N2O3/c19-16(20)13-10-11-4-1-2-6-14(11)18-15(13)17-8-7-12-5-3-9-21-12/h1-6,9-10H,7-8H2,(H,17,18)(H,19,20). The summed E-state index contributed by atoms with van der Waals surface area (Å²) in [7, 11) is 0. The molecule has 0 saturated carbocycles. The van der Waals surface area contributed by atoms with E-state index in [4.69, 9.17) is 4.42 Å². The van der Waals surface area contributed by atoms with Gasteiger partial charge in [-0.25, -0.2) is 9.78 Å². The lowest BCUT2D eigenvalue weighted by Gasteiger charge is -2.09. The molecule has 2 heterocycles. The first-order chi connectivity index (χ1) is 10.2. The van der Waals surface area contributed by atoms with Crippen LogP contribution in [0, 0.1) is 0 Å². The van der Waals surface area contributed by atoms with E-state index in [0.29, 0.717) is 18.8 Å². The largest absolute Gasteiger partial charge is 0.478 e. The van der Waals surface area contributed by atoms with Crippen molar-refractivity contribution in [2.45, 2.75) is 6.42 Å². The maximum atomic E-state index is 11.4. The van der Waals surface area contributed by atoms with Crippen LogP contribution in [0.1, 0.15) is 16.1 Å². The van der Waals surface area contributed by atoms with Crippen molar-refractivity contribution in [1.29, 1.82) is 0 Å². The SMILES string of the molecule is O=C(O)c1cc2ccccc2nc1NCCc1ccco1. The number of aromatic nitrogens is 1. The highest BCUT2D eigenvalue weighted by Crippen LogP contribution is 2.20. The highest BCUT2D eigenvalue weighted by atomic mass is 16.4. The van der Waals surface area contributed by atoms with E-state index >= 15 is 0 Å². The maximum Gasteiger partial charge on any atom is 0.339 e. The third-order valence-corrected chi connectivity index (χ3v) is 3.20. The fourth-order valence-electron chi connectivity index (χ4n) is 2.17. The molecule has 2 aromatic heterocycles. The third-order valence-electron chi connectivity index (χ3n) is 3.20. The van der Waals surface area contributed by atoms with E-state index in [1.54, 1.807) is 12.3 Å². The van der Waals surface area contributed by atoms with Crippen LogP contribution in [0.4, 0.5) is 5.82 Å². The Morgan fingerprint density at radius 1 is 1.24 bits per heavy atom. The normalized spacial score (nSPS) is 10.7. The van der Waals surface area contributed by atoms with Crippen LogP contribution in [-0.4, -0.2) is 22.6 Å². The van der Waals surface area contributed by atoms with Gasteiger partial charge in [0, 0.05) is 18.4 Å². The number of aromatic carboxylic acids is 1. The number of anilines is 1. The molecule has 106 valence electrons. The highest BCUT2D eigenvalue weighted by molar-refractivity contribution is 5.98. The molecule has 3 aromatic rings. The summed E-state index contributed by atoms with van der Waals surface area (Å²) in [6.45, 7) is 0.555. The number of para-hydroxylation sites is 1. The number of rotatable bonds is 5. The summed E-state index contributed by atoms with van der Waals surface area (Å²) in [6.07, 6.45) is 2.28. The van der Waals surface area contributed by atoms with E-state index in [1.807, 2.05) is 36.4 Å². The van der Waals surface area contributed by atoms with E-state index in [1.165, 1.54) is 0 Å². The zero-order chi connectivity index (χ0) is 14.7. The second-order valence-electron chi connectivity index (χ2n) is 4.64. The monoisotopic (exact) mass is 282 g/mol. The molecule has 2 N–H and O–H groups in total. The molecule has 5 nitrogen and oxygen atoms in total. The lowest BCUT2D eigenvalue weighted by Crippen LogP contribution is -2.11. The predicted molar refractivity (Wildman–Crippen MR) is 79.6 cm³/mol. The first-order valence-electron chi connectivity index (χ1n) is 6.63. The van der Waals surface area contributed by atoms with Gasteiger partial charge in [0.05, 0.1) is 11.8 Å². The minimum Gasteiger partial charge on any atom is -0.478 e. The summed E-state index contributed by atoms with van der Waals surface area (Å²) >= 11 is 0. The van der Waals surface area contributed by atoms with E-state index in [0.717, 1.165) is 16.7 Å². The van der Waals surface area contributed by atoms with E-state index < -0.39 is 5.97 Å².